The van der Waals surface area contributed by atoms with Crippen LogP contribution in [0.5, 0.6) is 0 Å². The molecular weight excluding hydrogens is 386 g/mol. The highest BCUT2D eigenvalue weighted by atomic mass is 15.0. The molecule has 1 nitrogen and oxygen atoms in total. The lowest BCUT2D eigenvalue weighted by molar-refractivity contribution is 1.15. The molecule has 0 aliphatic rings. The lowest BCUT2D eigenvalue weighted by Gasteiger charge is -2.10. The predicted octanol–water partition coefficient (Wildman–Crippen LogP) is 8.04. The number of aromatic nitrogens is 1. The van der Waals surface area contributed by atoms with Crippen molar-refractivity contribution in [2.45, 2.75) is 6.42 Å². The molecule has 0 N–H and O–H groups in total. The van der Waals surface area contributed by atoms with E-state index in [2.05, 4.69) is 132 Å². The molecule has 0 bridgehead atoms. The monoisotopic (exact) mass is 409 g/mol. The third kappa shape index (κ3) is 3.29. The molecule has 152 valence electrons. The maximum atomic E-state index is 2.37. The Bertz CT molecular complexity index is 1470. The van der Waals surface area contributed by atoms with Gasteiger partial charge in [-0.05, 0) is 52.9 Å². The molecule has 0 radical (unpaired) electrons. The van der Waals surface area contributed by atoms with Crippen LogP contribution in [0.1, 0.15) is 11.1 Å². The first kappa shape index (κ1) is 18.7. The van der Waals surface area contributed by atoms with Gasteiger partial charge in [-0.3, -0.25) is 0 Å². The van der Waals surface area contributed by atoms with Crippen LogP contribution in [0, 0.1) is 0 Å². The summed E-state index contributed by atoms with van der Waals surface area (Å²) in [5.74, 6) is 0. The Morgan fingerprint density at radius 3 is 1.72 bits per heavy atom. The zero-order valence-electron chi connectivity index (χ0n) is 17.8. The molecule has 32 heavy (non-hydrogen) atoms. The summed E-state index contributed by atoms with van der Waals surface area (Å²) in [6.07, 6.45) is 0.925. The maximum Gasteiger partial charge on any atom is 0.0541 e. The SMILES string of the molecule is c1ccc(-c2cccc(Cc3ccc(-n4c5ccccc5c5ccccc54)cc3)c2)cc1. The Hall–Kier alpha value is -4.10. The second-order valence-electron chi connectivity index (χ2n) is 8.28. The Morgan fingerprint density at radius 1 is 0.438 bits per heavy atom. The van der Waals surface area contributed by atoms with Crippen molar-refractivity contribution in [3.8, 4) is 16.8 Å². The summed E-state index contributed by atoms with van der Waals surface area (Å²) in [5, 5.41) is 2.59. The quantitative estimate of drug-likeness (QED) is 0.278. The van der Waals surface area contributed by atoms with Crippen molar-refractivity contribution in [1.29, 1.82) is 0 Å². The van der Waals surface area contributed by atoms with E-state index in [1.807, 2.05) is 0 Å². The van der Waals surface area contributed by atoms with Gasteiger partial charge in [0.15, 0.2) is 0 Å². The van der Waals surface area contributed by atoms with E-state index in [9.17, 15) is 0 Å². The molecule has 5 aromatic carbocycles. The van der Waals surface area contributed by atoms with Gasteiger partial charge in [0.2, 0.25) is 0 Å². The fourth-order valence-corrected chi connectivity index (χ4v) is 4.69. The van der Waals surface area contributed by atoms with Gasteiger partial charge in [-0.1, -0.05) is 103 Å². The largest absolute Gasteiger partial charge is 0.309 e. The molecule has 0 spiro atoms. The Balaban J connectivity index is 1.35. The molecular formula is C31H23N. The number of hydrogen-bond acceptors (Lipinski definition) is 0. The molecule has 0 unspecified atom stereocenters. The van der Waals surface area contributed by atoms with Gasteiger partial charge in [0, 0.05) is 16.5 Å². The Labute approximate surface area is 188 Å². The molecule has 1 heteroatoms. The van der Waals surface area contributed by atoms with Gasteiger partial charge in [0.05, 0.1) is 11.0 Å². The maximum absolute atomic E-state index is 2.37. The van der Waals surface area contributed by atoms with Gasteiger partial charge in [0.1, 0.15) is 0 Å². The highest BCUT2D eigenvalue weighted by Crippen LogP contribution is 2.32. The minimum atomic E-state index is 0.925. The standard InChI is InChI=1S/C31H23N/c1-2-10-25(11-3-1)26-12-8-9-24(22-26)21-23-17-19-27(20-18-23)32-30-15-6-4-13-28(30)29-14-5-7-16-31(29)32/h1-20,22H,21H2. The van der Waals surface area contributed by atoms with Gasteiger partial charge in [-0.25, -0.2) is 0 Å². The molecule has 0 saturated heterocycles. The third-order valence-corrected chi connectivity index (χ3v) is 6.22. The second-order valence-corrected chi connectivity index (χ2v) is 8.28. The van der Waals surface area contributed by atoms with Gasteiger partial charge in [0.25, 0.3) is 0 Å². The fourth-order valence-electron chi connectivity index (χ4n) is 4.69. The van der Waals surface area contributed by atoms with Crippen LogP contribution in [-0.4, -0.2) is 4.57 Å². The van der Waals surface area contributed by atoms with E-state index in [1.165, 1.54) is 49.7 Å². The number of benzene rings is 5. The summed E-state index contributed by atoms with van der Waals surface area (Å²) in [4.78, 5) is 0. The van der Waals surface area contributed by atoms with Crippen LogP contribution in [0.25, 0.3) is 38.6 Å². The van der Waals surface area contributed by atoms with Crippen LogP contribution in [0.2, 0.25) is 0 Å². The topological polar surface area (TPSA) is 4.93 Å². The zero-order chi connectivity index (χ0) is 21.3. The van der Waals surface area contributed by atoms with E-state index in [-0.39, 0.29) is 0 Å². The van der Waals surface area contributed by atoms with Crippen LogP contribution in [0.4, 0.5) is 0 Å². The zero-order valence-corrected chi connectivity index (χ0v) is 17.8. The van der Waals surface area contributed by atoms with Gasteiger partial charge in [-0.2, -0.15) is 0 Å². The normalized spacial score (nSPS) is 11.2. The van der Waals surface area contributed by atoms with Gasteiger partial charge in [-0.15, -0.1) is 0 Å². The van der Waals surface area contributed by atoms with Crippen molar-refractivity contribution in [3.63, 3.8) is 0 Å². The predicted molar refractivity (Wildman–Crippen MR) is 135 cm³/mol. The van der Waals surface area contributed by atoms with Gasteiger partial charge >= 0.3 is 0 Å². The fraction of sp³-hybridized carbons (Fsp3) is 0.0323. The highest BCUT2D eigenvalue weighted by molar-refractivity contribution is 6.09. The number of nitrogens with zero attached hydrogens (tertiary/aromatic N) is 1. The van der Waals surface area contributed by atoms with E-state index in [0.29, 0.717) is 0 Å². The number of fused-ring (bicyclic) bond motifs is 3. The molecule has 6 aromatic rings. The van der Waals surface area contributed by atoms with E-state index >= 15 is 0 Å². The molecule has 1 heterocycles. The van der Waals surface area contributed by atoms with Crippen LogP contribution in [0.15, 0.2) is 127 Å². The van der Waals surface area contributed by atoms with Crippen LogP contribution in [0.3, 0.4) is 0 Å². The summed E-state index contributed by atoms with van der Waals surface area (Å²) in [6, 6.07) is 45.7. The third-order valence-electron chi connectivity index (χ3n) is 6.22. The smallest absolute Gasteiger partial charge is 0.0541 e. The molecule has 0 aliphatic heterocycles. The van der Waals surface area contributed by atoms with Crippen molar-refractivity contribution in [2.24, 2.45) is 0 Å². The average Bonchev–Trinajstić information content (AvgIpc) is 3.20. The summed E-state index contributed by atoms with van der Waals surface area (Å²) in [6.45, 7) is 0. The van der Waals surface area contributed by atoms with Crippen LogP contribution >= 0.6 is 0 Å². The van der Waals surface area contributed by atoms with E-state index in [0.717, 1.165) is 6.42 Å². The van der Waals surface area contributed by atoms with Crippen LogP contribution in [-0.2, 0) is 6.42 Å². The Kier molecular flexibility index (Phi) is 4.58. The average molecular weight is 410 g/mol. The minimum Gasteiger partial charge on any atom is -0.309 e. The van der Waals surface area contributed by atoms with Crippen molar-refractivity contribution >= 4 is 21.8 Å². The molecule has 0 amide bonds. The lowest BCUT2D eigenvalue weighted by atomic mass is 9.99. The molecule has 0 atom stereocenters. The van der Waals surface area contributed by atoms with Crippen molar-refractivity contribution < 1.29 is 0 Å². The van der Waals surface area contributed by atoms with E-state index < -0.39 is 0 Å². The van der Waals surface area contributed by atoms with Crippen molar-refractivity contribution in [2.75, 3.05) is 0 Å². The van der Waals surface area contributed by atoms with Crippen LogP contribution < -0.4 is 0 Å². The second kappa shape index (κ2) is 7.86. The number of rotatable bonds is 4. The summed E-state index contributed by atoms with van der Waals surface area (Å²) in [7, 11) is 0. The number of para-hydroxylation sites is 2. The molecule has 0 aliphatic carbocycles. The first-order valence-electron chi connectivity index (χ1n) is 11.1. The van der Waals surface area contributed by atoms with E-state index in [4.69, 9.17) is 0 Å². The highest BCUT2D eigenvalue weighted by Gasteiger charge is 2.11. The molecule has 0 fully saturated rings. The van der Waals surface area contributed by atoms with E-state index in [1.54, 1.807) is 0 Å². The molecule has 6 rings (SSSR count). The first-order chi connectivity index (χ1) is 15.9. The van der Waals surface area contributed by atoms with Crippen molar-refractivity contribution in [1.82, 2.24) is 4.57 Å². The summed E-state index contributed by atoms with van der Waals surface area (Å²) >= 11 is 0. The molecule has 0 saturated carbocycles. The summed E-state index contributed by atoms with van der Waals surface area (Å²) < 4.78 is 2.37. The van der Waals surface area contributed by atoms with Crippen molar-refractivity contribution in [3.05, 3.63) is 139 Å². The lowest BCUT2D eigenvalue weighted by Crippen LogP contribution is -1.95. The first-order valence-corrected chi connectivity index (χ1v) is 11.1. The van der Waals surface area contributed by atoms with Gasteiger partial charge < -0.3 is 4.57 Å². The summed E-state index contributed by atoms with van der Waals surface area (Å²) in [5.41, 5.74) is 8.87. The Morgan fingerprint density at radius 2 is 1.03 bits per heavy atom. The minimum absolute atomic E-state index is 0.925. The molecule has 1 aromatic heterocycles. The number of hydrogen-bond donors (Lipinski definition) is 0.